The second-order valence-electron chi connectivity index (χ2n) is 11.7. The molecule has 2 rings (SSSR count). The van der Waals surface area contributed by atoms with Crippen LogP contribution in [0.3, 0.4) is 0 Å². The number of unbranched alkanes of at least 4 members (excludes halogenated alkanes) is 8. The number of carbonyl (C=O) groups is 2. The van der Waals surface area contributed by atoms with Gasteiger partial charge in [0.25, 0.3) is 0 Å². The Labute approximate surface area is 254 Å². The number of benzene rings is 2. The monoisotopic (exact) mass is 580 g/mol. The molecule has 6 heteroatoms. The van der Waals surface area contributed by atoms with Gasteiger partial charge in [0.15, 0.2) is 0 Å². The molecular weight excluding hydrogens is 528 g/mol. The minimum Gasteiger partial charge on any atom is -0.289 e. The number of carbonyl (C=O) groups excluding carboxylic acids is 2. The Balaban J connectivity index is 2.11. The van der Waals surface area contributed by atoms with E-state index in [9.17, 15) is 9.59 Å². The Morgan fingerprint density at radius 3 is 1.05 bits per heavy atom. The lowest BCUT2D eigenvalue weighted by Crippen LogP contribution is -2.19. The van der Waals surface area contributed by atoms with Crippen LogP contribution in [0.4, 0.5) is 0 Å². The van der Waals surface area contributed by atoms with E-state index in [0.29, 0.717) is 17.5 Å². The molecule has 0 spiro atoms. The molecule has 42 heavy (non-hydrogen) atoms. The lowest BCUT2D eigenvalue weighted by molar-refractivity contribution is -0.364. The van der Waals surface area contributed by atoms with Crippen LogP contribution in [0.1, 0.15) is 141 Å². The van der Waals surface area contributed by atoms with E-state index in [2.05, 4.69) is 6.92 Å². The molecule has 0 saturated carbocycles. The highest BCUT2D eigenvalue weighted by atomic mass is 17.3. The predicted octanol–water partition coefficient (Wildman–Crippen LogP) is 9.87. The average Bonchev–Trinajstić information content (AvgIpc) is 2.97. The van der Waals surface area contributed by atoms with E-state index in [1.807, 2.05) is 69.2 Å². The third-order valence-electron chi connectivity index (χ3n) is 9.21. The summed E-state index contributed by atoms with van der Waals surface area (Å²) in [5.41, 5.74) is 10.8. The molecule has 2 aromatic rings. The quantitative estimate of drug-likeness (QED) is 0.112. The fourth-order valence-corrected chi connectivity index (χ4v) is 5.47. The molecule has 0 heterocycles. The molecule has 0 aliphatic heterocycles. The van der Waals surface area contributed by atoms with E-state index in [1.54, 1.807) is 0 Å². The molecule has 0 amide bonds. The highest BCUT2D eigenvalue weighted by Gasteiger charge is 2.26. The Morgan fingerprint density at radius 2 is 0.714 bits per heavy atom. The summed E-state index contributed by atoms with van der Waals surface area (Å²) >= 11 is 0. The summed E-state index contributed by atoms with van der Waals surface area (Å²) in [6.45, 7) is 23.6. The van der Waals surface area contributed by atoms with Crippen molar-refractivity contribution in [2.45, 2.75) is 133 Å². The Kier molecular flexibility index (Phi) is 14.2. The lowest BCUT2D eigenvalue weighted by atomic mass is 9.90. The van der Waals surface area contributed by atoms with E-state index < -0.39 is 11.9 Å². The summed E-state index contributed by atoms with van der Waals surface area (Å²) in [6, 6.07) is 0. The zero-order chi connectivity index (χ0) is 31.6. The fourth-order valence-electron chi connectivity index (χ4n) is 5.47. The van der Waals surface area contributed by atoms with Gasteiger partial charge in [0.2, 0.25) is 0 Å². The van der Waals surface area contributed by atoms with Gasteiger partial charge in [0.05, 0.1) is 11.1 Å². The van der Waals surface area contributed by atoms with Crippen LogP contribution in [0.5, 0.6) is 0 Å². The summed E-state index contributed by atoms with van der Waals surface area (Å²) in [5.74, 6) is -1.22. The third-order valence-corrected chi connectivity index (χ3v) is 9.21. The molecule has 0 N–H and O–H groups in total. The van der Waals surface area contributed by atoms with Crippen LogP contribution in [0.15, 0.2) is 0 Å². The average molecular weight is 581 g/mol. The van der Waals surface area contributed by atoms with Crippen molar-refractivity contribution in [1.29, 1.82) is 0 Å². The van der Waals surface area contributed by atoms with Crippen LogP contribution >= 0.6 is 0 Å². The van der Waals surface area contributed by atoms with Gasteiger partial charge in [-0.25, -0.2) is 9.59 Å². The first-order valence-corrected chi connectivity index (χ1v) is 15.4. The van der Waals surface area contributed by atoms with Gasteiger partial charge in [0.1, 0.15) is 0 Å². The summed E-state index contributed by atoms with van der Waals surface area (Å²) in [6.07, 6.45) is 10.1. The Hall–Kier alpha value is -2.70. The van der Waals surface area contributed by atoms with Crippen LogP contribution in [0.25, 0.3) is 0 Å². The summed E-state index contributed by atoms with van der Waals surface area (Å²) in [4.78, 5) is 47.7. The highest BCUT2D eigenvalue weighted by Crippen LogP contribution is 2.29. The normalized spacial score (nSPS) is 11.3. The van der Waals surface area contributed by atoms with Crippen molar-refractivity contribution in [3.8, 4) is 0 Å². The number of rotatable bonds is 16. The minimum atomic E-state index is -0.609. The minimum absolute atomic E-state index is 0.0566. The SMILES string of the molecule is [CH2]CCCCCCCCCC[C](OOC(=O)c1c(C)c(C)c(C)c(C)c1C)OOC(=O)c1c(C)c(C)c(C)c(C)c1C. The zero-order valence-corrected chi connectivity index (χ0v) is 27.7. The summed E-state index contributed by atoms with van der Waals surface area (Å²) in [7, 11) is 0. The molecule has 0 aliphatic carbocycles. The second-order valence-corrected chi connectivity index (χ2v) is 11.7. The van der Waals surface area contributed by atoms with E-state index in [-0.39, 0.29) is 6.29 Å². The van der Waals surface area contributed by atoms with Crippen LogP contribution in [-0.4, -0.2) is 11.9 Å². The van der Waals surface area contributed by atoms with E-state index in [0.717, 1.165) is 87.7 Å². The summed E-state index contributed by atoms with van der Waals surface area (Å²) in [5, 5.41) is 0. The van der Waals surface area contributed by atoms with Gasteiger partial charge >= 0.3 is 18.2 Å². The van der Waals surface area contributed by atoms with Crippen molar-refractivity contribution < 1.29 is 29.1 Å². The van der Waals surface area contributed by atoms with Gasteiger partial charge in [-0.15, -0.1) is 9.78 Å². The van der Waals surface area contributed by atoms with Crippen molar-refractivity contribution in [3.63, 3.8) is 0 Å². The topological polar surface area (TPSA) is 71.1 Å². The first-order valence-electron chi connectivity index (χ1n) is 15.4. The summed E-state index contributed by atoms with van der Waals surface area (Å²) < 4.78 is 0. The van der Waals surface area contributed by atoms with Gasteiger partial charge in [-0.2, -0.15) is 0 Å². The van der Waals surface area contributed by atoms with Crippen molar-refractivity contribution >= 4 is 11.9 Å². The standard InChI is InChI=1S/C36H52O6/c1-12-13-14-15-16-17-18-19-20-21-32(39-41-35(37)33-28(8)24(4)22(2)25(5)29(33)9)40-42-36(38)34-30(10)26(6)23(3)27(7)31(34)11/h1,12-21H2,2-11H3. The van der Waals surface area contributed by atoms with Crippen molar-refractivity contribution in [2.24, 2.45) is 0 Å². The lowest BCUT2D eigenvalue weighted by Gasteiger charge is -2.19. The van der Waals surface area contributed by atoms with Gasteiger partial charge in [-0.1, -0.05) is 58.3 Å². The predicted molar refractivity (Wildman–Crippen MR) is 168 cm³/mol. The molecule has 2 aromatic carbocycles. The van der Waals surface area contributed by atoms with Gasteiger partial charge in [-0.05, 0) is 131 Å². The van der Waals surface area contributed by atoms with Gasteiger partial charge < -0.3 is 0 Å². The van der Waals surface area contributed by atoms with E-state index >= 15 is 0 Å². The molecule has 0 bridgehead atoms. The van der Waals surface area contributed by atoms with Gasteiger partial charge in [0, 0.05) is 6.42 Å². The van der Waals surface area contributed by atoms with Crippen LogP contribution in [-0.2, 0) is 19.6 Å². The molecule has 232 valence electrons. The maximum Gasteiger partial charge on any atom is 0.373 e. The fraction of sp³-hybridized carbons (Fsp3) is 0.556. The first kappa shape index (κ1) is 35.5. The molecule has 0 atom stereocenters. The zero-order valence-electron chi connectivity index (χ0n) is 27.7. The number of hydrogen-bond acceptors (Lipinski definition) is 6. The highest BCUT2D eigenvalue weighted by molar-refractivity contribution is 5.94. The maximum absolute atomic E-state index is 13.2. The van der Waals surface area contributed by atoms with E-state index in [4.69, 9.17) is 19.6 Å². The maximum atomic E-state index is 13.2. The Morgan fingerprint density at radius 1 is 0.429 bits per heavy atom. The van der Waals surface area contributed by atoms with Crippen molar-refractivity contribution in [2.75, 3.05) is 0 Å². The smallest absolute Gasteiger partial charge is 0.289 e. The molecule has 0 aliphatic rings. The first-order chi connectivity index (χ1) is 19.8. The largest absolute Gasteiger partial charge is 0.373 e. The van der Waals surface area contributed by atoms with Crippen LogP contribution in [0.2, 0.25) is 0 Å². The number of hydrogen-bond donors (Lipinski definition) is 0. The Bertz CT molecular complexity index is 1100. The van der Waals surface area contributed by atoms with E-state index in [1.165, 1.54) is 25.7 Å². The molecule has 0 aromatic heterocycles. The van der Waals surface area contributed by atoms with Crippen LogP contribution < -0.4 is 0 Å². The van der Waals surface area contributed by atoms with Crippen molar-refractivity contribution in [3.05, 3.63) is 80.0 Å². The molecule has 2 radical (unpaired) electrons. The molecule has 0 saturated heterocycles. The van der Waals surface area contributed by atoms with Crippen LogP contribution in [0, 0.1) is 82.5 Å². The second kappa shape index (κ2) is 16.8. The van der Waals surface area contributed by atoms with Crippen molar-refractivity contribution in [1.82, 2.24) is 0 Å². The molecule has 0 fully saturated rings. The molecule has 0 unspecified atom stereocenters. The molecular formula is C36H52O6. The molecule has 6 nitrogen and oxygen atoms in total. The third kappa shape index (κ3) is 8.90. The van der Waals surface area contributed by atoms with Gasteiger partial charge in [-0.3, -0.25) is 9.78 Å².